The number of fused-ring (bicyclic) bond motifs is 1. The highest BCUT2D eigenvalue weighted by Gasteiger charge is 2.18. The fraction of sp³-hybridized carbons (Fsp3) is 0.333. The maximum absolute atomic E-state index is 12.4. The zero-order valence-electron chi connectivity index (χ0n) is 14.5. The molecule has 1 N–H and O–H groups in total. The molecule has 0 bridgehead atoms. The van der Waals surface area contributed by atoms with Crippen LogP contribution in [-0.4, -0.2) is 52.0 Å². The van der Waals surface area contributed by atoms with E-state index in [1.54, 1.807) is 13.2 Å². The summed E-state index contributed by atoms with van der Waals surface area (Å²) in [6.45, 7) is 1.15. The Balaban J connectivity index is 1.90. The molecular formula is C18H21N3O4. The minimum absolute atomic E-state index is 0.175. The molecule has 0 saturated carbocycles. The van der Waals surface area contributed by atoms with Crippen LogP contribution in [0.4, 0.5) is 5.82 Å². The lowest BCUT2D eigenvalue weighted by atomic mass is 10.1. The fourth-order valence-corrected chi connectivity index (χ4v) is 2.55. The largest absolute Gasteiger partial charge is 0.454 e. The molecule has 1 aliphatic rings. The molecule has 0 atom stereocenters. The van der Waals surface area contributed by atoms with Gasteiger partial charge in [0.2, 0.25) is 6.79 Å². The molecule has 0 unspecified atom stereocenters. The molecule has 3 rings (SSSR count). The van der Waals surface area contributed by atoms with E-state index in [1.807, 2.05) is 43.3 Å². The van der Waals surface area contributed by atoms with Gasteiger partial charge in [0.15, 0.2) is 11.5 Å². The number of amides is 1. The van der Waals surface area contributed by atoms with Gasteiger partial charge in [0.05, 0.1) is 17.9 Å². The van der Waals surface area contributed by atoms with Gasteiger partial charge in [0.1, 0.15) is 5.82 Å². The summed E-state index contributed by atoms with van der Waals surface area (Å²) >= 11 is 0. The average molecular weight is 343 g/mol. The van der Waals surface area contributed by atoms with Gasteiger partial charge in [0.25, 0.3) is 5.91 Å². The molecule has 2 aromatic rings. The summed E-state index contributed by atoms with van der Waals surface area (Å²) in [6.07, 6.45) is 0. The molecule has 7 heteroatoms. The van der Waals surface area contributed by atoms with Gasteiger partial charge in [-0.25, -0.2) is 4.98 Å². The van der Waals surface area contributed by atoms with Crippen molar-refractivity contribution in [3.63, 3.8) is 0 Å². The molecule has 0 radical (unpaired) electrons. The predicted molar refractivity (Wildman–Crippen MR) is 94.3 cm³/mol. The van der Waals surface area contributed by atoms with Gasteiger partial charge in [0, 0.05) is 33.3 Å². The van der Waals surface area contributed by atoms with Gasteiger partial charge in [-0.2, -0.15) is 0 Å². The first kappa shape index (κ1) is 17.0. The lowest BCUT2D eigenvalue weighted by molar-refractivity contribution is 0.0937. The molecule has 1 aliphatic heterocycles. The molecule has 1 aromatic heterocycles. The number of carbonyl (C=O) groups excluding carboxylic acids is 1. The summed E-state index contributed by atoms with van der Waals surface area (Å²) < 4.78 is 15.7. The first-order valence-electron chi connectivity index (χ1n) is 7.95. The van der Waals surface area contributed by atoms with Crippen LogP contribution in [0.25, 0.3) is 11.3 Å². The van der Waals surface area contributed by atoms with Crippen molar-refractivity contribution in [2.45, 2.75) is 0 Å². The van der Waals surface area contributed by atoms with Crippen LogP contribution < -0.4 is 19.7 Å². The number of nitrogens with one attached hydrogen (secondary N) is 1. The minimum atomic E-state index is -0.175. The van der Waals surface area contributed by atoms with Crippen LogP contribution in [0.3, 0.4) is 0 Å². The van der Waals surface area contributed by atoms with Crippen molar-refractivity contribution >= 4 is 11.7 Å². The summed E-state index contributed by atoms with van der Waals surface area (Å²) in [4.78, 5) is 18.9. The van der Waals surface area contributed by atoms with E-state index in [0.29, 0.717) is 30.3 Å². The Morgan fingerprint density at radius 1 is 1.24 bits per heavy atom. The van der Waals surface area contributed by atoms with E-state index < -0.39 is 0 Å². The van der Waals surface area contributed by atoms with E-state index in [-0.39, 0.29) is 12.7 Å². The number of aromatic nitrogens is 1. The average Bonchev–Trinajstić information content (AvgIpc) is 3.09. The third-order valence-corrected chi connectivity index (χ3v) is 3.80. The van der Waals surface area contributed by atoms with Crippen LogP contribution in [0, 0.1) is 0 Å². The number of hydrogen-bond acceptors (Lipinski definition) is 6. The molecule has 132 valence electrons. The van der Waals surface area contributed by atoms with Gasteiger partial charge >= 0.3 is 0 Å². The zero-order valence-corrected chi connectivity index (χ0v) is 14.5. The highest BCUT2D eigenvalue weighted by molar-refractivity contribution is 5.99. The molecule has 25 heavy (non-hydrogen) atoms. The maximum Gasteiger partial charge on any atom is 0.255 e. The van der Waals surface area contributed by atoms with Crippen LogP contribution >= 0.6 is 0 Å². The maximum atomic E-state index is 12.4. The highest BCUT2D eigenvalue weighted by atomic mass is 16.7. The Morgan fingerprint density at radius 2 is 2.04 bits per heavy atom. The van der Waals surface area contributed by atoms with Crippen LogP contribution in [-0.2, 0) is 4.74 Å². The van der Waals surface area contributed by atoms with E-state index in [2.05, 4.69) is 10.3 Å². The number of pyridine rings is 1. The standard InChI is InChI=1S/C18H21N3O4/c1-21(2)17-13(18(22)19-8-9-23-3)5-6-14(20-17)12-4-7-15-16(10-12)25-11-24-15/h4-7,10H,8-9,11H2,1-3H3,(H,19,22). The summed E-state index contributed by atoms with van der Waals surface area (Å²) in [7, 11) is 5.31. The first-order chi connectivity index (χ1) is 12.1. The van der Waals surface area contributed by atoms with Gasteiger partial charge in [-0.3, -0.25) is 4.79 Å². The number of methoxy groups -OCH3 is 1. The van der Waals surface area contributed by atoms with Crippen LogP contribution in [0.2, 0.25) is 0 Å². The molecule has 0 saturated heterocycles. The number of nitrogens with zero attached hydrogens (tertiary/aromatic N) is 2. The van der Waals surface area contributed by atoms with Crippen molar-refractivity contribution in [3.05, 3.63) is 35.9 Å². The van der Waals surface area contributed by atoms with Crippen molar-refractivity contribution in [1.29, 1.82) is 0 Å². The summed E-state index contributed by atoms with van der Waals surface area (Å²) in [5, 5.41) is 2.82. The number of carbonyl (C=O) groups is 1. The predicted octanol–water partition coefficient (Wildman–Crippen LogP) is 1.92. The third kappa shape index (κ3) is 3.66. The van der Waals surface area contributed by atoms with E-state index in [9.17, 15) is 4.79 Å². The number of anilines is 1. The van der Waals surface area contributed by atoms with Crippen molar-refractivity contribution in [3.8, 4) is 22.8 Å². The SMILES string of the molecule is COCCNC(=O)c1ccc(-c2ccc3c(c2)OCO3)nc1N(C)C. The zero-order chi connectivity index (χ0) is 17.8. The molecule has 2 heterocycles. The first-order valence-corrected chi connectivity index (χ1v) is 7.95. The van der Waals surface area contributed by atoms with Crippen molar-refractivity contribution in [1.82, 2.24) is 10.3 Å². The van der Waals surface area contributed by atoms with E-state index in [4.69, 9.17) is 14.2 Å². The minimum Gasteiger partial charge on any atom is -0.454 e. The van der Waals surface area contributed by atoms with E-state index >= 15 is 0 Å². The van der Waals surface area contributed by atoms with Gasteiger partial charge in [-0.15, -0.1) is 0 Å². The summed E-state index contributed by atoms with van der Waals surface area (Å²) in [5.74, 6) is 1.85. The smallest absolute Gasteiger partial charge is 0.255 e. The van der Waals surface area contributed by atoms with E-state index in [1.165, 1.54) is 0 Å². The van der Waals surface area contributed by atoms with Gasteiger partial charge in [-0.1, -0.05) is 0 Å². The Hall–Kier alpha value is -2.80. The second-order valence-corrected chi connectivity index (χ2v) is 5.78. The number of ether oxygens (including phenoxy) is 3. The van der Waals surface area contributed by atoms with Crippen LogP contribution in [0.5, 0.6) is 11.5 Å². The Bertz CT molecular complexity index is 777. The lowest BCUT2D eigenvalue weighted by Crippen LogP contribution is -2.29. The second kappa shape index (κ2) is 7.40. The Labute approximate surface area is 146 Å². The lowest BCUT2D eigenvalue weighted by Gasteiger charge is -2.17. The van der Waals surface area contributed by atoms with Crippen molar-refractivity contribution < 1.29 is 19.0 Å². The fourth-order valence-electron chi connectivity index (χ4n) is 2.55. The molecule has 0 aliphatic carbocycles. The Morgan fingerprint density at radius 3 is 2.80 bits per heavy atom. The van der Waals surface area contributed by atoms with Gasteiger partial charge in [-0.05, 0) is 30.3 Å². The number of hydrogen-bond donors (Lipinski definition) is 1. The van der Waals surface area contributed by atoms with Crippen LogP contribution in [0.15, 0.2) is 30.3 Å². The normalized spacial score (nSPS) is 12.1. The topological polar surface area (TPSA) is 72.9 Å². The quantitative estimate of drug-likeness (QED) is 0.808. The number of rotatable bonds is 6. The molecular weight excluding hydrogens is 322 g/mol. The van der Waals surface area contributed by atoms with Crippen LogP contribution in [0.1, 0.15) is 10.4 Å². The molecule has 0 spiro atoms. The third-order valence-electron chi connectivity index (χ3n) is 3.80. The second-order valence-electron chi connectivity index (χ2n) is 5.78. The van der Waals surface area contributed by atoms with Crippen molar-refractivity contribution in [2.75, 3.05) is 46.0 Å². The highest BCUT2D eigenvalue weighted by Crippen LogP contribution is 2.36. The number of benzene rings is 1. The van der Waals surface area contributed by atoms with Crippen molar-refractivity contribution in [2.24, 2.45) is 0 Å². The molecule has 7 nitrogen and oxygen atoms in total. The Kier molecular flexibility index (Phi) is 5.04. The van der Waals surface area contributed by atoms with E-state index in [0.717, 1.165) is 17.0 Å². The molecule has 1 amide bonds. The molecule has 0 fully saturated rings. The summed E-state index contributed by atoms with van der Waals surface area (Å²) in [6, 6.07) is 9.29. The molecule has 1 aromatic carbocycles. The monoisotopic (exact) mass is 343 g/mol. The summed E-state index contributed by atoms with van der Waals surface area (Å²) in [5.41, 5.74) is 2.18. The van der Waals surface area contributed by atoms with Gasteiger partial charge < -0.3 is 24.4 Å².